The van der Waals surface area contributed by atoms with Gasteiger partial charge in [0.05, 0.1) is 17.7 Å². The minimum absolute atomic E-state index is 0.360. The van der Waals surface area contributed by atoms with Gasteiger partial charge in [0.15, 0.2) is 0 Å². The maximum atomic E-state index is 12.2. The first-order chi connectivity index (χ1) is 10.3. The Labute approximate surface area is 127 Å². The van der Waals surface area contributed by atoms with Crippen molar-refractivity contribution in [2.75, 3.05) is 7.11 Å². The van der Waals surface area contributed by atoms with Crippen molar-refractivity contribution in [2.45, 2.75) is 0 Å². The number of hydrogen-bond acceptors (Lipinski definition) is 4. The van der Waals surface area contributed by atoms with Gasteiger partial charge in [0, 0.05) is 5.56 Å². The van der Waals surface area contributed by atoms with E-state index in [1.165, 1.54) is 18.6 Å². The highest BCUT2D eigenvalue weighted by molar-refractivity contribution is 7.10. The maximum absolute atomic E-state index is 12.2. The number of nitrogens with zero attached hydrogens (tertiary/aromatic N) is 1. The molecule has 0 atom stereocenters. The quantitative estimate of drug-likeness (QED) is 0.678. The molecule has 1 heterocycles. The normalized spacial score (nSPS) is 10.3. The van der Waals surface area contributed by atoms with Gasteiger partial charge in [-0.15, -0.1) is 0 Å². The standard InChI is InChI=1S/C17H13NO2S/c1-20-17(19)14-15(12-8-4-2-5-9-12)18-21-16(14)13-10-6-3-7-11-13/h2-11H,1H3. The summed E-state index contributed by atoms with van der Waals surface area (Å²) in [7, 11) is 1.39. The highest BCUT2D eigenvalue weighted by Gasteiger charge is 2.23. The van der Waals surface area contributed by atoms with E-state index in [0.29, 0.717) is 11.3 Å². The Morgan fingerprint density at radius 2 is 1.52 bits per heavy atom. The lowest BCUT2D eigenvalue weighted by Crippen LogP contribution is -2.03. The summed E-state index contributed by atoms with van der Waals surface area (Å²) in [6.45, 7) is 0. The number of aromatic nitrogens is 1. The summed E-state index contributed by atoms with van der Waals surface area (Å²) in [6, 6.07) is 19.4. The lowest BCUT2D eigenvalue weighted by atomic mass is 10.0. The molecule has 3 aromatic rings. The summed E-state index contributed by atoms with van der Waals surface area (Å²) in [4.78, 5) is 13.0. The van der Waals surface area contributed by atoms with Crippen LogP contribution < -0.4 is 0 Å². The predicted molar refractivity (Wildman–Crippen MR) is 84.3 cm³/mol. The third-order valence-corrected chi connectivity index (χ3v) is 4.06. The number of hydrogen-bond donors (Lipinski definition) is 0. The molecular formula is C17H13NO2S. The third-order valence-electron chi connectivity index (χ3n) is 3.16. The van der Waals surface area contributed by atoms with Crippen molar-refractivity contribution in [3.8, 4) is 21.7 Å². The van der Waals surface area contributed by atoms with Crippen molar-refractivity contribution in [1.82, 2.24) is 4.37 Å². The first kappa shape index (κ1) is 13.5. The molecule has 0 aliphatic heterocycles. The van der Waals surface area contributed by atoms with Gasteiger partial charge in [0.1, 0.15) is 5.56 Å². The maximum Gasteiger partial charge on any atom is 0.341 e. The van der Waals surface area contributed by atoms with E-state index < -0.39 is 0 Å². The Morgan fingerprint density at radius 1 is 0.952 bits per heavy atom. The Morgan fingerprint density at radius 3 is 2.10 bits per heavy atom. The highest BCUT2D eigenvalue weighted by atomic mass is 32.1. The number of ether oxygens (including phenoxy) is 1. The van der Waals surface area contributed by atoms with Crippen molar-refractivity contribution in [2.24, 2.45) is 0 Å². The van der Waals surface area contributed by atoms with Gasteiger partial charge in [-0.25, -0.2) is 4.79 Å². The van der Waals surface area contributed by atoms with Gasteiger partial charge in [-0.05, 0) is 17.1 Å². The molecule has 21 heavy (non-hydrogen) atoms. The fourth-order valence-corrected chi connectivity index (χ4v) is 3.05. The smallest absolute Gasteiger partial charge is 0.341 e. The van der Waals surface area contributed by atoms with Gasteiger partial charge >= 0.3 is 5.97 Å². The molecule has 0 spiro atoms. The summed E-state index contributed by atoms with van der Waals surface area (Å²) in [5, 5.41) is 0. The van der Waals surface area contributed by atoms with E-state index in [4.69, 9.17) is 4.74 Å². The summed E-state index contributed by atoms with van der Waals surface area (Å²) in [5.74, 6) is -0.360. The second-order valence-corrected chi connectivity index (χ2v) is 5.23. The third kappa shape index (κ3) is 2.58. The molecule has 4 heteroatoms. The van der Waals surface area contributed by atoms with E-state index in [9.17, 15) is 4.79 Å². The molecule has 0 fully saturated rings. The molecule has 0 bridgehead atoms. The molecule has 0 amide bonds. The minimum Gasteiger partial charge on any atom is -0.465 e. The lowest BCUT2D eigenvalue weighted by molar-refractivity contribution is 0.0603. The number of carbonyl (C=O) groups is 1. The van der Waals surface area contributed by atoms with E-state index in [-0.39, 0.29) is 5.97 Å². The van der Waals surface area contributed by atoms with Crippen molar-refractivity contribution in [3.63, 3.8) is 0 Å². The second kappa shape index (κ2) is 5.89. The van der Waals surface area contributed by atoms with E-state index >= 15 is 0 Å². The Kier molecular flexibility index (Phi) is 3.79. The second-order valence-electron chi connectivity index (χ2n) is 4.46. The van der Waals surface area contributed by atoms with Crippen LogP contribution >= 0.6 is 11.5 Å². The molecule has 2 aromatic carbocycles. The molecule has 0 aliphatic rings. The molecular weight excluding hydrogens is 282 g/mol. The molecule has 0 saturated heterocycles. The van der Waals surface area contributed by atoms with Crippen LogP contribution in [-0.2, 0) is 4.74 Å². The highest BCUT2D eigenvalue weighted by Crippen LogP contribution is 2.35. The van der Waals surface area contributed by atoms with Crippen LogP contribution in [0.15, 0.2) is 60.7 Å². The summed E-state index contributed by atoms with van der Waals surface area (Å²) < 4.78 is 9.42. The predicted octanol–water partition coefficient (Wildman–Crippen LogP) is 4.26. The van der Waals surface area contributed by atoms with E-state index in [2.05, 4.69) is 4.37 Å². The Hall–Kier alpha value is -2.46. The average Bonchev–Trinajstić information content (AvgIpc) is 3.00. The first-order valence-corrected chi connectivity index (χ1v) is 7.27. The molecule has 0 radical (unpaired) electrons. The van der Waals surface area contributed by atoms with Crippen molar-refractivity contribution in [3.05, 3.63) is 66.2 Å². The fourth-order valence-electron chi connectivity index (χ4n) is 2.16. The van der Waals surface area contributed by atoms with Gasteiger partial charge in [-0.1, -0.05) is 60.7 Å². The fraction of sp³-hybridized carbons (Fsp3) is 0.0588. The van der Waals surface area contributed by atoms with Crippen molar-refractivity contribution < 1.29 is 9.53 Å². The Balaban J connectivity index is 2.19. The van der Waals surface area contributed by atoms with Gasteiger partial charge in [-0.3, -0.25) is 0 Å². The molecule has 3 rings (SSSR count). The zero-order chi connectivity index (χ0) is 14.7. The zero-order valence-electron chi connectivity index (χ0n) is 11.4. The van der Waals surface area contributed by atoms with Crippen LogP contribution in [0.1, 0.15) is 10.4 Å². The topological polar surface area (TPSA) is 39.2 Å². The number of rotatable bonds is 3. The van der Waals surface area contributed by atoms with Gasteiger partial charge in [-0.2, -0.15) is 4.37 Å². The van der Waals surface area contributed by atoms with E-state index in [1.54, 1.807) is 0 Å². The van der Waals surface area contributed by atoms with Crippen molar-refractivity contribution >= 4 is 17.5 Å². The van der Waals surface area contributed by atoms with Crippen LogP contribution in [0.3, 0.4) is 0 Å². The van der Waals surface area contributed by atoms with E-state index in [0.717, 1.165) is 16.0 Å². The minimum atomic E-state index is -0.360. The monoisotopic (exact) mass is 295 g/mol. The van der Waals surface area contributed by atoms with Crippen LogP contribution in [-0.4, -0.2) is 17.5 Å². The van der Waals surface area contributed by atoms with Crippen LogP contribution in [0.25, 0.3) is 21.7 Å². The number of benzene rings is 2. The lowest BCUT2D eigenvalue weighted by Gasteiger charge is -2.04. The average molecular weight is 295 g/mol. The molecule has 104 valence electrons. The van der Waals surface area contributed by atoms with Crippen LogP contribution in [0, 0.1) is 0 Å². The first-order valence-electron chi connectivity index (χ1n) is 6.50. The largest absolute Gasteiger partial charge is 0.465 e. The van der Waals surface area contributed by atoms with Crippen LogP contribution in [0.4, 0.5) is 0 Å². The van der Waals surface area contributed by atoms with E-state index in [1.807, 2.05) is 60.7 Å². The summed E-state index contributed by atoms with van der Waals surface area (Å²) in [6.07, 6.45) is 0. The van der Waals surface area contributed by atoms with Gasteiger partial charge < -0.3 is 4.74 Å². The molecule has 1 aromatic heterocycles. The van der Waals surface area contributed by atoms with Crippen LogP contribution in [0.5, 0.6) is 0 Å². The Bertz CT molecular complexity index is 694. The van der Waals surface area contributed by atoms with Gasteiger partial charge in [0.2, 0.25) is 0 Å². The molecule has 0 saturated carbocycles. The van der Waals surface area contributed by atoms with Crippen LogP contribution in [0.2, 0.25) is 0 Å². The van der Waals surface area contributed by atoms with Crippen molar-refractivity contribution in [1.29, 1.82) is 0 Å². The molecule has 0 unspecified atom stereocenters. The SMILES string of the molecule is COC(=O)c1c(-c2ccccc2)nsc1-c1ccccc1. The van der Waals surface area contributed by atoms with Gasteiger partial charge in [0.25, 0.3) is 0 Å². The number of esters is 1. The summed E-state index contributed by atoms with van der Waals surface area (Å²) >= 11 is 1.32. The zero-order valence-corrected chi connectivity index (χ0v) is 12.3. The summed E-state index contributed by atoms with van der Waals surface area (Å²) in [5.41, 5.74) is 3.08. The molecule has 3 nitrogen and oxygen atoms in total. The number of methoxy groups -OCH3 is 1. The molecule has 0 N–H and O–H groups in total. The number of carbonyl (C=O) groups excluding carboxylic acids is 1. The molecule has 0 aliphatic carbocycles.